The molecule has 19 heavy (non-hydrogen) atoms. The van der Waals surface area contributed by atoms with E-state index in [0.29, 0.717) is 11.6 Å². The van der Waals surface area contributed by atoms with Gasteiger partial charge in [0.1, 0.15) is 0 Å². The van der Waals surface area contributed by atoms with Crippen molar-refractivity contribution in [2.75, 3.05) is 6.54 Å². The van der Waals surface area contributed by atoms with Gasteiger partial charge in [-0.05, 0) is 23.6 Å². The summed E-state index contributed by atoms with van der Waals surface area (Å²) in [5.74, 6) is -0.961. The maximum atomic E-state index is 11.7. The maximum absolute atomic E-state index is 11.7. The van der Waals surface area contributed by atoms with Crippen LogP contribution in [-0.4, -0.2) is 23.5 Å². The molecule has 0 aromatic heterocycles. The number of nitrogens with one attached hydrogen (secondary N) is 1. The predicted molar refractivity (Wildman–Crippen MR) is 74.2 cm³/mol. The van der Waals surface area contributed by atoms with Crippen LogP contribution in [0.4, 0.5) is 0 Å². The van der Waals surface area contributed by atoms with Crippen molar-refractivity contribution in [3.8, 4) is 0 Å². The van der Waals surface area contributed by atoms with E-state index in [0.717, 1.165) is 12.0 Å². The molecule has 1 unspecified atom stereocenters. The van der Waals surface area contributed by atoms with Gasteiger partial charge < -0.3 is 10.4 Å². The molecule has 0 bridgehead atoms. The van der Waals surface area contributed by atoms with E-state index in [9.17, 15) is 9.59 Å². The lowest BCUT2D eigenvalue weighted by Gasteiger charge is -2.13. The van der Waals surface area contributed by atoms with Crippen LogP contribution in [0.1, 0.15) is 25.3 Å². The van der Waals surface area contributed by atoms with E-state index in [1.165, 1.54) is 0 Å². The summed E-state index contributed by atoms with van der Waals surface area (Å²) in [6.45, 7) is 2.31. The highest BCUT2D eigenvalue weighted by Gasteiger charge is 2.12. The summed E-state index contributed by atoms with van der Waals surface area (Å²) in [7, 11) is 0. The number of carboxylic acids is 1. The Kier molecular flexibility index (Phi) is 6.36. The van der Waals surface area contributed by atoms with E-state index in [1.807, 2.05) is 6.92 Å². The Hall–Kier alpha value is -1.55. The van der Waals surface area contributed by atoms with Crippen LogP contribution < -0.4 is 5.32 Å². The number of hydrogen-bond donors (Lipinski definition) is 2. The molecule has 0 aliphatic rings. The molecule has 0 saturated carbocycles. The van der Waals surface area contributed by atoms with E-state index in [4.69, 9.17) is 16.7 Å². The third kappa shape index (κ3) is 6.25. The van der Waals surface area contributed by atoms with Gasteiger partial charge in [-0.3, -0.25) is 9.59 Å². The average Bonchev–Trinajstić information content (AvgIpc) is 2.37. The fourth-order valence-electron chi connectivity index (χ4n) is 1.72. The van der Waals surface area contributed by atoms with Gasteiger partial charge >= 0.3 is 5.97 Å². The van der Waals surface area contributed by atoms with Gasteiger partial charge in [0.25, 0.3) is 0 Å². The first kappa shape index (κ1) is 15.5. The minimum Gasteiger partial charge on any atom is -0.481 e. The molecule has 0 heterocycles. The Labute approximate surface area is 117 Å². The van der Waals surface area contributed by atoms with Crippen molar-refractivity contribution in [1.29, 1.82) is 0 Å². The van der Waals surface area contributed by atoms with Crippen LogP contribution in [-0.2, 0) is 16.0 Å². The maximum Gasteiger partial charge on any atom is 0.303 e. The van der Waals surface area contributed by atoms with Gasteiger partial charge in [-0.15, -0.1) is 0 Å². The molecule has 0 aliphatic heterocycles. The number of carbonyl (C=O) groups is 2. The summed E-state index contributed by atoms with van der Waals surface area (Å²) in [4.78, 5) is 22.3. The van der Waals surface area contributed by atoms with Gasteiger partial charge in [-0.25, -0.2) is 0 Å². The number of amides is 1. The van der Waals surface area contributed by atoms with Gasteiger partial charge in [-0.1, -0.05) is 37.1 Å². The monoisotopic (exact) mass is 283 g/mol. The second kappa shape index (κ2) is 7.79. The average molecular weight is 284 g/mol. The molecule has 0 saturated heterocycles. The summed E-state index contributed by atoms with van der Waals surface area (Å²) in [5, 5.41) is 12.1. The molecule has 104 valence electrons. The highest BCUT2D eigenvalue weighted by Crippen LogP contribution is 2.10. The van der Waals surface area contributed by atoms with Crippen LogP contribution in [0.3, 0.4) is 0 Å². The van der Waals surface area contributed by atoms with Crippen LogP contribution in [0.5, 0.6) is 0 Å². The Morgan fingerprint density at radius 3 is 2.47 bits per heavy atom. The molecule has 1 amide bonds. The number of benzene rings is 1. The molecular formula is C14H18ClNO3. The molecule has 2 N–H and O–H groups in total. The van der Waals surface area contributed by atoms with Crippen molar-refractivity contribution < 1.29 is 14.7 Å². The molecule has 1 atom stereocenters. The zero-order valence-electron chi connectivity index (χ0n) is 10.9. The quantitative estimate of drug-likeness (QED) is 0.808. The number of hydrogen-bond acceptors (Lipinski definition) is 2. The van der Waals surface area contributed by atoms with Crippen LogP contribution in [0, 0.1) is 5.92 Å². The minimum absolute atomic E-state index is 0.0216. The summed E-state index contributed by atoms with van der Waals surface area (Å²) in [6.07, 6.45) is 1.09. The zero-order valence-corrected chi connectivity index (χ0v) is 11.6. The zero-order chi connectivity index (χ0) is 14.3. The summed E-state index contributed by atoms with van der Waals surface area (Å²) >= 11 is 5.76. The van der Waals surface area contributed by atoms with Crippen LogP contribution >= 0.6 is 11.6 Å². The molecule has 1 aromatic carbocycles. The molecule has 1 rings (SSSR count). The molecule has 0 spiro atoms. The Balaban J connectivity index is 2.38. The third-order valence-electron chi connectivity index (χ3n) is 2.91. The fraction of sp³-hybridized carbons (Fsp3) is 0.429. The Morgan fingerprint density at radius 1 is 1.32 bits per heavy atom. The molecule has 4 nitrogen and oxygen atoms in total. The number of halogens is 1. The highest BCUT2D eigenvalue weighted by atomic mass is 35.5. The first-order valence-electron chi connectivity index (χ1n) is 6.24. The number of rotatable bonds is 7. The summed E-state index contributed by atoms with van der Waals surface area (Å²) in [6, 6.07) is 7.08. The van der Waals surface area contributed by atoms with Gasteiger partial charge in [-0.2, -0.15) is 0 Å². The smallest absolute Gasteiger partial charge is 0.303 e. The molecular weight excluding hydrogens is 266 g/mol. The van der Waals surface area contributed by atoms with E-state index >= 15 is 0 Å². The fourth-order valence-corrected chi connectivity index (χ4v) is 1.84. The van der Waals surface area contributed by atoms with Crippen molar-refractivity contribution in [2.24, 2.45) is 5.92 Å². The highest BCUT2D eigenvalue weighted by molar-refractivity contribution is 6.30. The SMILES string of the molecule is CCC(CNC(=O)Cc1ccc(Cl)cc1)CC(=O)O. The molecule has 0 radical (unpaired) electrons. The lowest BCUT2D eigenvalue weighted by molar-refractivity contribution is -0.138. The summed E-state index contributed by atoms with van der Waals surface area (Å²) < 4.78 is 0. The predicted octanol–water partition coefficient (Wildman–Crippen LogP) is 2.50. The number of carboxylic acid groups (broad SMARTS) is 1. The summed E-state index contributed by atoms with van der Waals surface area (Å²) in [5.41, 5.74) is 0.883. The second-order valence-electron chi connectivity index (χ2n) is 4.48. The van der Waals surface area contributed by atoms with Gasteiger partial charge in [0.15, 0.2) is 0 Å². The van der Waals surface area contributed by atoms with Crippen LogP contribution in [0.15, 0.2) is 24.3 Å². The lowest BCUT2D eigenvalue weighted by atomic mass is 10.0. The van der Waals surface area contributed by atoms with Crippen LogP contribution in [0.2, 0.25) is 5.02 Å². The second-order valence-corrected chi connectivity index (χ2v) is 4.92. The van der Waals surface area contributed by atoms with Gasteiger partial charge in [0.2, 0.25) is 5.91 Å². The van der Waals surface area contributed by atoms with E-state index in [1.54, 1.807) is 24.3 Å². The van der Waals surface area contributed by atoms with E-state index < -0.39 is 5.97 Å². The van der Waals surface area contributed by atoms with Gasteiger partial charge in [0, 0.05) is 18.0 Å². The molecule has 1 aromatic rings. The first-order valence-corrected chi connectivity index (χ1v) is 6.62. The third-order valence-corrected chi connectivity index (χ3v) is 3.16. The molecule has 0 aliphatic carbocycles. The number of aliphatic carboxylic acids is 1. The van der Waals surface area contributed by atoms with Crippen molar-refractivity contribution in [1.82, 2.24) is 5.32 Å². The topological polar surface area (TPSA) is 66.4 Å². The van der Waals surface area contributed by atoms with Gasteiger partial charge in [0.05, 0.1) is 6.42 Å². The number of carbonyl (C=O) groups excluding carboxylic acids is 1. The largest absolute Gasteiger partial charge is 0.481 e. The van der Waals surface area contributed by atoms with Crippen molar-refractivity contribution in [3.63, 3.8) is 0 Å². The van der Waals surface area contributed by atoms with Crippen molar-refractivity contribution >= 4 is 23.5 Å². The minimum atomic E-state index is -0.834. The van der Waals surface area contributed by atoms with Crippen molar-refractivity contribution in [3.05, 3.63) is 34.9 Å². The molecule has 5 heteroatoms. The van der Waals surface area contributed by atoms with E-state index in [-0.39, 0.29) is 24.7 Å². The van der Waals surface area contributed by atoms with Crippen molar-refractivity contribution in [2.45, 2.75) is 26.2 Å². The van der Waals surface area contributed by atoms with Crippen LogP contribution in [0.25, 0.3) is 0 Å². The lowest BCUT2D eigenvalue weighted by Crippen LogP contribution is -2.31. The normalized spacial score (nSPS) is 11.9. The Bertz CT molecular complexity index is 431. The van der Waals surface area contributed by atoms with E-state index in [2.05, 4.69) is 5.32 Å². The standard InChI is InChI=1S/C14H18ClNO3/c1-2-10(8-14(18)19)9-16-13(17)7-11-3-5-12(15)6-4-11/h3-6,10H,2,7-9H2,1H3,(H,16,17)(H,18,19). The first-order chi connectivity index (χ1) is 9.01. The Morgan fingerprint density at radius 2 is 1.95 bits per heavy atom. The molecule has 0 fully saturated rings.